The molecule has 20 heavy (non-hydrogen) atoms. The first-order valence-corrected chi connectivity index (χ1v) is 6.97. The van der Waals surface area contributed by atoms with Crippen LogP contribution in [0.25, 0.3) is 0 Å². The molecule has 0 amide bonds. The van der Waals surface area contributed by atoms with Gasteiger partial charge in [-0.25, -0.2) is 9.97 Å². The van der Waals surface area contributed by atoms with Crippen molar-refractivity contribution in [3.63, 3.8) is 0 Å². The van der Waals surface area contributed by atoms with Crippen LogP contribution in [0.2, 0.25) is 0 Å². The molecule has 5 heteroatoms. The van der Waals surface area contributed by atoms with E-state index in [1.165, 1.54) is 5.56 Å². The zero-order valence-electron chi connectivity index (χ0n) is 11.9. The fourth-order valence-corrected chi connectivity index (χ4v) is 2.77. The van der Waals surface area contributed by atoms with E-state index in [9.17, 15) is 0 Å². The summed E-state index contributed by atoms with van der Waals surface area (Å²) in [6.07, 6.45) is 7.72. The van der Waals surface area contributed by atoms with E-state index < -0.39 is 0 Å². The first-order chi connectivity index (χ1) is 9.79. The molecule has 3 rings (SSSR count). The van der Waals surface area contributed by atoms with Crippen molar-refractivity contribution in [2.24, 2.45) is 0 Å². The molecule has 0 aromatic carbocycles. The maximum absolute atomic E-state index is 4.64. The number of hydrogen-bond acceptors (Lipinski definition) is 5. The minimum atomic E-state index is 0.268. The van der Waals surface area contributed by atoms with Gasteiger partial charge in [0.2, 0.25) is 0 Å². The second-order valence-electron chi connectivity index (χ2n) is 5.07. The van der Waals surface area contributed by atoms with Crippen LogP contribution in [0.1, 0.15) is 30.1 Å². The summed E-state index contributed by atoms with van der Waals surface area (Å²) in [6.45, 7) is 3.13. The molecule has 0 spiro atoms. The average molecular weight is 269 g/mol. The van der Waals surface area contributed by atoms with E-state index in [1.54, 1.807) is 6.20 Å². The van der Waals surface area contributed by atoms with Gasteiger partial charge in [-0.15, -0.1) is 0 Å². The number of nitrogens with zero attached hydrogens (tertiary/aromatic N) is 4. The molecule has 2 aromatic heterocycles. The van der Waals surface area contributed by atoms with Crippen molar-refractivity contribution in [3.8, 4) is 0 Å². The summed E-state index contributed by atoms with van der Waals surface area (Å²) in [4.78, 5) is 15.8. The lowest BCUT2D eigenvalue weighted by Gasteiger charge is -2.26. The van der Waals surface area contributed by atoms with Gasteiger partial charge in [0.15, 0.2) is 0 Å². The third-order valence-electron chi connectivity index (χ3n) is 3.76. The van der Waals surface area contributed by atoms with Gasteiger partial charge in [-0.3, -0.25) is 4.98 Å². The minimum Gasteiger partial charge on any atom is -0.372 e. The maximum atomic E-state index is 4.64. The molecule has 0 radical (unpaired) electrons. The van der Waals surface area contributed by atoms with Crippen molar-refractivity contribution in [2.75, 3.05) is 23.8 Å². The molecule has 1 unspecified atom stereocenters. The Kier molecular flexibility index (Phi) is 3.50. The van der Waals surface area contributed by atoms with Crippen LogP contribution in [-0.4, -0.2) is 28.5 Å². The van der Waals surface area contributed by atoms with Gasteiger partial charge in [-0.05, 0) is 31.4 Å². The molecule has 0 bridgehead atoms. The minimum absolute atomic E-state index is 0.268. The van der Waals surface area contributed by atoms with Gasteiger partial charge in [-0.2, -0.15) is 0 Å². The van der Waals surface area contributed by atoms with Crippen LogP contribution in [0.5, 0.6) is 0 Å². The van der Waals surface area contributed by atoms with Crippen molar-refractivity contribution in [3.05, 3.63) is 42.0 Å². The molecule has 3 heterocycles. The predicted octanol–water partition coefficient (Wildman–Crippen LogP) is 2.56. The second kappa shape index (κ2) is 5.45. The van der Waals surface area contributed by atoms with Gasteiger partial charge < -0.3 is 10.2 Å². The van der Waals surface area contributed by atoms with Crippen LogP contribution in [0.15, 0.2) is 30.7 Å². The van der Waals surface area contributed by atoms with Crippen LogP contribution in [0.3, 0.4) is 0 Å². The summed E-state index contributed by atoms with van der Waals surface area (Å²) in [5.74, 6) is 1.87. The highest BCUT2D eigenvalue weighted by Gasteiger charge is 2.29. The highest BCUT2D eigenvalue weighted by atomic mass is 15.2. The van der Waals surface area contributed by atoms with Crippen molar-refractivity contribution in [1.82, 2.24) is 15.0 Å². The third kappa shape index (κ3) is 2.31. The maximum Gasteiger partial charge on any atom is 0.144 e. The summed E-state index contributed by atoms with van der Waals surface area (Å²) in [5, 5.41) is 3.05. The zero-order chi connectivity index (χ0) is 13.9. The number of nitrogens with one attached hydrogen (secondary N) is 1. The van der Waals surface area contributed by atoms with E-state index >= 15 is 0 Å². The first kappa shape index (κ1) is 12.8. The second-order valence-corrected chi connectivity index (χ2v) is 5.07. The molecule has 1 aliphatic heterocycles. The lowest BCUT2D eigenvalue weighted by molar-refractivity contribution is 0.682. The molecule has 1 aliphatic rings. The highest BCUT2D eigenvalue weighted by molar-refractivity contribution is 5.49. The van der Waals surface area contributed by atoms with Crippen LogP contribution in [0.4, 0.5) is 11.6 Å². The normalized spacial score (nSPS) is 18.3. The Labute approximate surface area is 119 Å². The van der Waals surface area contributed by atoms with Gasteiger partial charge >= 0.3 is 0 Å². The molecule has 5 nitrogen and oxygen atoms in total. The molecule has 1 saturated heterocycles. The van der Waals surface area contributed by atoms with E-state index in [1.807, 2.05) is 25.5 Å². The van der Waals surface area contributed by atoms with E-state index in [2.05, 4.69) is 38.2 Å². The van der Waals surface area contributed by atoms with E-state index in [0.717, 1.165) is 36.7 Å². The van der Waals surface area contributed by atoms with Crippen molar-refractivity contribution in [1.29, 1.82) is 0 Å². The molecule has 1 fully saturated rings. The molecule has 2 aromatic rings. The summed E-state index contributed by atoms with van der Waals surface area (Å²) < 4.78 is 0. The number of aryl methyl sites for hydroxylation is 1. The largest absolute Gasteiger partial charge is 0.372 e. The summed E-state index contributed by atoms with van der Waals surface area (Å²) >= 11 is 0. The van der Waals surface area contributed by atoms with Crippen LogP contribution in [-0.2, 0) is 0 Å². The third-order valence-corrected chi connectivity index (χ3v) is 3.76. The van der Waals surface area contributed by atoms with Gasteiger partial charge in [-0.1, -0.05) is 6.07 Å². The summed E-state index contributed by atoms with van der Waals surface area (Å²) in [6, 6.07) is 4.35. The molecule has 0 saturated carbocycles. The average Bonchev–Trinajstić information content (AvgIpc) is 2.97. The first-order valence-electron chi connectivity index (χ1n) is 6.97. The van der Waals surface area contributed by atoms with Gasteiger partial charge in [0.05, 0.1) is 24.1 Å². The monoisotopic (exact) mass is 269 g/mol. The molecular weight excluding hydrogens is 250 g/mol. The summed E-state index contributed by atoms with van der Waals surface area (Å²) in [7, 11) is 1.86. The SMILES string of the molecule is CNc1cncc(C2CCCN2c2ncccc2C)n1. The quantitative estimate of drug-likeness (QED) is 0.928. The van der Waals surface area contributed by atoms with Crippen molar-refractivity contribution < 1.29 is 0 Å². The number of hydrogen-bond donors (Lipinski definition) is 1. The standard InChI is InChI=1S/C15H19N5/c1-11-5-3-7-18-15(11)20-8-4-6-13(20)12-9-17-10-14(16-2)19-12/h3,5,7,9-10,13H,4,6,8H2,1-2H3,(H,16,19). The number of rotatable bonds is 3. The van der Waals surface area contributed by atoms with Crippen molar-refractivity contribution in [2.45, 2.75) is 25.8 Å². The van der Waals surface area contributed by atoms with Crippen LogP contribution in [0, 0.1) is 6.92 Å². The highest BCUT2D eigenvalue weighted by Crippen LogP contribution is 2.35. The van der Waals surface area contributed by atoms with Crippen LogP contribution >= 0.6 is 0 Å². The van der Waals surface area contributed by atoms with E-state index in [0.29, 0.717) is 0 Å². The molecule has 1 N–H and O–H groups in total. The Hall–Kier alpha value is -2.17. The topological polar surface area (TPSA) is 53.9 Å². The Morgan fingerprint density at radius 3 is 3.05 bits per heavy atom. The van der Waals surface area contributed by atoms with Gasteiger partial charge in [0, 0.05) is 19.8 Å². The van der Waals surface area contributed by atoms with Crippen molar-refractivity contribution >= 4 is 11.6 Å². The zero-order valence-corrected chi connectivity index (χ0v) is 11.9. The fourth-order valence-electron chi connectivity index (χ4n) is 2.77. The molecule has 1 atom stereocenters. The lowest BCUT2D eigenvalue weighted by Crippen LogP contribution is -2.25. The van der Waals surface area contributed by atoms with Crippen LogP contribution < -0.4 is 10.2 Å². The predicted molar refractivity (Wildman–Crippen MR) is 79.9 cm³/mol. The summed E-state index contributed by atoms with van der Waals surface area (Å²) in [5.41, 5.74) is 2.22. The Morgan fingerprint density at radius 2 is 2.25 bits per heavy atom. The van der Waals surface area contributed by atoms with Gasteiger partial charge in [0.25, 0.3) is 0 Å². The smallest absolute Gasteiger partial charge is 0.144 e. The fraction of sp³-hybridized carbons (Fsp3) is 0.400. The van der Waals surface area contributed by atoms with E-state index in [4.69, 9.17) is 0 Å². The number of aromatic nitrogens is 3. The number of anilines is 2. The van der Waals surface area contributed by atoms with Gasteiger partial charge in [0.1, 0.15) is 11.6 Å². The van der Waals surface area contributed by atoms with E-state index in [-0.39, 0.29) is 6.04 Å². The lowest BCUT2D eigenvalue weighted by atomic mass is 10.1. The molecule has 0 aliphatic carbocycles. The number of pyridine rings is 1. The Balaban J connectivity index is 1.94. The Bertz CT molecular complexity index is 598. The molecule has 104 valence electrons. The molecular formula is C15H19N5. The Morgan fingerprint density at radius 1 is 1.35 bits per heavy atom.